The smallest absolute Gasteiger partial charge is 0.408 e. The number of piperazine rings is 1. The average Bonchev–Trinajstić information content (AvgIpc) is 3.53. The molecule has 0 radical (unpaired) electrons. The number of ether oxygens (including phenoxy) is 3. The van der Waals surface area contributed by atoms with E-state index in [4.69, 9.17) is 14.2 Å². The minimum Gasteiger partial charge on any atom is -0.496 e. The Bertz CT molecular complexity index is 2410. The van der Waals surface area contributed by atoms with Crippen molar-refractivity contribution in [2.45, 2.75) is 109 Å². The summed E-state index contributed by atoms with van der Waals surface area (Å²) >= 11 is 1.53. The average molecular weight is 843 g/mol. The number of hydrogen-bond acceptors (Lipinski definition) is 11. The Hall–Kier alpha value is -5.22. The molecule has 3 aromatic rings. The Kier molecular flexibility index (Phi) is 11.3. The molecule has 0 unspecified atom stereocenters. The fourth-order valence-corrected chi connectivity index (χ4v) is 11.8. The summed E-state index contributed by atoms with van der Waals surface area (Å²) in [7, 11) is 3.69. The Labute approximate surface area is 362 Å². The monoisotopic (exact) mass is 842 g/mol. The number of carbonyl (C=O) groups excluding carboxylic acids is 4. The molecule has 11 nitrogen and oxygen atoms in total. The summed E-state index contributed by atoms with van der Waals surface area (Å²) in [6.45, 7) is 12.4. The molecular formula is C49H54N4O7S. The molecule has 2 aliphatic carbocycles. The molecule has 3 aliphatic heterocycles. The number of ketones is 2. The summed E-state index contributed by atoms with van der Waals surface area (Å²) in [5, 5.41) is 13.8. The quantitative estimate of drug-likeness (QED) is 0.171. The van der Waals surface area contributed by atoms with Crippen molar-refractivity contribution in [3.8, 4) is 22.9 Å². The van der Waals surface area contributed by atoms with Crippen molar-refractivity contribution < 1.29 is 33.4 Å². The van der Waals surface area contributed by atoms with Crippen LogP contribution in [0.1, 0.15) is 86.4 Å². The summed E-state index contributed by atoms with van der Waals surface area (Å²) in [5.41, 5.74) is 9.68. The van der Waals surface area contributed by atoms with E-state index < -0.39 is 41.8 Å². The van der Waals surface area contributed by atoms with E-state index in [-0.39, 0.29) is 53.9 Å². The SMILES string of the molecule is COc1c(C)cc2c(c1C)[C@H]1[C@@H]3CC4=C(C(=O)C(C)=C(C)C4=O)[C@H](COC(=O)[C@@H](CSCC4c5ccccc5-c5ccccc54)NC(=O)OC(C)(C)C)N3[C@@H](C#N)[C@@H](C2)N1C. The molecule has 12 heteroatoms. The summed E-state index contributed by atoms with van der Waals surface area (Å²) in [4.78, 5) is 60.5. The molecule has 8 rings (SSSR count). The zero-order chi connectivity index (χ0) is 43.7. The fraction of sp³-hybridized carbons (Fsp3) is 0.449. The van der Waals surface area contributed by atoms with Crippen LogP contribution in [0.25, 0.3) is 11.1 Å². The standard InChI is InChI=1S/C49H54N4O7S/c1-25-18-29-19-37-39(21-50)53-38(43(52(37)8)41(29)28(4)46(25)58-9)20-34-42(45(55)27(3)26(2)44(34)54)40(53)22-59-47(56)36(51-48(57)60-49(5,6)7)24-61-23-35-32-16-12-10-14-30(32)31-15-11-13-17-33(31)35/h10-18,35-40,43H,19-20,22-24H2,1-9H3,(H,51,57)/t36-,37-,38+,39+,40+,43-/m1/s1. The lowest BCUT2D eigenvalue weighted by Gasteiger charge is -2.60. The number of carbonyl (C=O) groups is 4. The molecule has 3 aromatic carbocycles. The van der Waals surface area contributed by atoms with Gasteiger partial charge >= 0.3 is 12.1 Å². The number of nitriles is 1. The number of nitrogens with one attached hydrogen (secondary N) is 1. The highest BCUT2D eigenvalue weighted by atomic mass is 32.2. The van der Waals surface area contributed by atoms with Gasteiger partial charge in [-0.3, -0.25) is 19.4 Å². The molecule has 0 aromatic heterocycles. The predicted molar refractivity (Wildman–Crippen MR) is 234 cm³/mol. The Morgan fingerprint density at radius 1 is 0.951 bits per heavy atom. The Morgan fingerprint density at radius 3 is 2.21 bits per heavy atom. The summed E-state index contributed by atoms with van der Waals surface area (Å²) in [6.07, 6.45) is 0.0831. The van der Waals surface area contributed by atoms with Crippen LogP contribution in [0.3, 0.4) is 0 Å². The molecule has 318 valence electrons. The third-order valence-corrected chi connectivity index (χ3v) is 14.5. The largest absolute Gasteiger partial charge is 0.496 e. The number of nitrogens with zero attached hydrogens (tertiary/aromatic N) is 3. The van der Waals surface area contributed by atoms with Gasteiger partial charge in [-0.25, -0.2) is 9.59 Å². The van der Waals surface area contributed by atoms with E-state index in [0.29, 0.717) is 28.9 Å². The number of esters is 1. The Balaban J connectivity index is 1.12. The Morgan fingerprint density at radius 2 is 1.59 bits per heavy atom. The maximum Gasteiger partial charge on any atom is 0.408 e. The summed E-state index contributed by atoms with van der Waals surface area (Å²) in [6, 6.07) is 17.8. The van der Waals surface area contributed by atoms with Crippen molar-refractivity contribution in [1.82, 2.24) is 15.1 Å². The zero-order valence-corrected chi connectivity index (χ0v) is 37.2. The number of hydrogen-bond donors (Lipinski definition) is 1. The number of fused-ring (bicyclic) bond motifs is 9. The second-order valence-electron chi connectivity index (χ2n) is 18.0. The van der Waals surface area contributed by atoms with Gasteiger partial charge in [0.1, 0.15) is 30.0 Å². The summed E-state index contributed by atoms with van der Waals surface area (Å²) < 4.78 is 17.7. The fourth-order valence-electron chi connectivity index (χ4n) is 10.6. The topological polar surface area (TPSA) is 138 Å². The van der Waals surface area contributed by atoms with Crippen LogP contribution in [-0.2, 0) is 30.3 Å². The van der Waals surface area contributed by atoms with Gasteiger partial charge in [-0.2, -0.15) is 17.0 Å². The van der Waals surface area contributed by atoms with E-state index in [2.05, 4.69) is 58.4 Å². The van der Waals surface area contributed by atoms with Crippen molar-refractivity contribution in [3.63, 3.8) is 0 Å². The van der Waals surface area contributed by atoms with Crippen molar-refractivity contribution in [1.29, 1.82) is 5.26 Å². The third kappa shape index (κ3) is 7.28. The van der Waals surface area contributed by atoms with Gasteiger partial charge in [-0.15, -0.1) is 0 Å². The van der Waals surface area contributed by atoms with Crippen LogP contribution >= 0.6 is 11.8 Å². The number of methoxy groups -OCH3 is 1. The van der Waals surface area contributed by atoms with Gasteiger partial charge in [0.25, 0.3) is 0 Å². The minimum atomic E-state index is -1.10. The van der Waals surface area contributed by atoms with Crippen molar-refractivity contribution in [2.75, 3.05) is 32.3 Å². The lowest BCUT2D eigenvalue weighted by Crippen LogP contribution is -2.70. The zero-order valence-electron chi connectivity index (χ0n) is 36.4. The molecule has 0 saturated carbocycles. The van der Waals surface area contributed by atoms with Gasteiger partial charge in [0.2, 0.25) is 0 Å². The van der Waals surface area contributed by atoms with Crippen LogP contribution in [0.4, 0.5) is 4.79 Å². The van der Waals surface area contributed by atoms with Gasteiger partial charge < -0.3 is 19.5 Å². The number of alkyl carbamates (subject to hydrolysis) is 1. The molecule has 5 aliphatic rings. The number of aryl methyl sites for hydroxylation is 1. The molecule has 2 bridgehead atoms. The van der Waals surface area contributed by atoms with Crippen molar-refractivity contribution in [3.05, 3.63) is 110 Å². The predicted octanol–water partition coefficient (Wildman–Crippen LogP) is 7.33. The lowest BCUT2D eigenvalue weighted by molar-refractivity contribution is -0.150. The van der Waals surface area contributed by atoms with E-state index in [9.17, 15) is 24.4 Å². The number of thioether (sulfide) groups is 1. The molecule has 0 spiro atoms. The van der Waals surface area contributed by atoms with Gasteiger partial charge in [0.05, 0.1) is 25.3 Å². The van der Waals surface area contributed by atoms with Crippen LogP contribution in [-0.4, -0.2) is 102 Å². The first-order valence-electron chi connectivity index (χ1n) is 21.0. The first kappa shape index (κ1) is 42.5. The number of amides is 1. The van der Waals surface area contributed by atoms with Crippen molar-refractivity contribution >= 4 is 35.4 Å². The highest BCUT2D eigenvalue weighted by Gasteiger charge is 2.57. The minimum absolute atomic E-state index is 0.0898. The van der Waals surface area contributed by atoms with Crippen LogP contribution in [0, 0.1) is 25.2 Å². The molecule has 1 saturated heterocycles. The lowest BCUT2D eigenvalue weighted by atomic mass is 9.68. The molecule has 3 heterocycles. The molecule has 1 fully saturated rings. The highest BCUT2D eigenvalue weighted by Crippen LogP contribution is 2.52. The maximum absolute atomic E-state index is 14.4. The number of Topliss-reactive ketones (excluding diaryl/α,β-unsaturated/α-hetero) is 2. The second kappa shape index (κ2) is 16.2. The molecule has 61 heavy (non-hydrogen) atoms. The van der Waals surface area contributed by atoms with Gasteiger partial charge in [0.15, 0.2) is 11.6 Å². The molecule has 1 amide bonds. The van der Waals surface area contributed by atoms with Gasteiger partial charge in [-0.1, -0.05) is 54.6 Å². The van der Waals surface area contributed by atoms with E-state index in [1.165, 1.54) is 34.0 Å². The third-order valence-electron chi connectivity index (χ3n) is 13.4. The number of allylic oxidation sites excluding steroid dienone is 2. The van der Waals surface area contributed by atoms with Crippen LogP contribution in [0.5, 0.6) is 5.75 Å². The number of benzene rings is 3. The highest BCUT2D eigenvalue weighted by molar-refractivity contribution is 7.99. The molecule has 6 atom stereocenters. The maximum atomic E-state index is 14.4. The van der Waals surface area contributed by atoms with E-state index in [1.54, 1.807) is 41.7 Å². The van der Waals surface area contributed by atoms with E-state index in [0.717, 1.165) is 28.0 Å². The van der Waals surface area contributed by atoms with Crippen molar-refractivity contribution in [2.24, 2.45) is 0 Å². The normalized spacial score (nSPS) is 23.9. The first-order valence-corrected chi connectivity index (χ1v) is 22.2. The van der Waals surface area contributed by atoms with Gasteiger partial charge in [-0.05, 0) is 113 Å². The van der Waals surface area contributed by atoms with Crippen LogP contribution in [0.15, 0.2) is 76.9 Å². The summed E-state index contributed by atoms with van der Waals surface area (Å²) in [5.74, 6) is 0.541. The van der Waals surface area contributed by atoms with E-state index in [1.807, 2.05) is 38.2 Å². The van der Waals surface area contributed by atoms with Crippen LogP contribution < -0.4 is 10.1 Å². The first-order chi connectivity index (χ1) is 29.1. The van der Waals surface area contributed by atoms with Gasteiger partial charge in [0, 0.05) is 51.8 Å². The second-order valence-corrected chi connectivity index (χ2v) is 19.1. The van der Waals surface area contributed by atoms with Crippen LogP contribution in [0.2, 0.25) is 0 Å². The molecule has 1 N–H and O–H groups in total. The number of rotatable bonds is 9. The molecular weight excluding hydrogens is 789 g/mol. The van der Waals surface area contributed by atoms with E-state index >= 15 is 0 Å². The number of likely N-dealkylation sites (N-methyl/N-ethyl adjacent to an activating group) is 1.